The van der Waals surface area contributed by atoms with Gasteiger partial charge in [0.25, 0.3) is 0 Å². The molecule has 0 saturated heterocycles. The molecule has 0 aliphatic heterocycles. The molecule has 0 N–H and O–H groups in total. The summed E-state index contributed by atoms with van der Waals surface area (Å²) >= 11 is 0. The summed E-state index contributed by atoms with van der Waals surface area (Å²) in [6.45, 7) is 16.8. The van der Waals surface area contributed by atoms with Gasteiger partial charge in [0.05, 0.1) is 10.8 Å². The maximum atomic E-state index is 14.3. The molecule has 4 nitrogen and oxygen atoms in total. The van der Waals surface area contributed by atoms with E-state index in [2.05, 4.69) is 366 Å². The van der Waals surface area contributed by atoms with E-state index < -0.39 is 10.8 Å². The highest BCUT2D eigenvalue weighted by Gasteiger charge is 2.49. The van der Waals surface area contributed by atoms with Crippen LogP contribution in [-0.2, 0) is 10.8 Å². The quantitative estimate of drug-likeness (QED) is 0.0716. The summed E-state index contributed by atoms with van der Waals surface area (Å²) in [5.41, 5.74) is 35.6. The van der Waals surface area contributed by atoms with Crippen molar-refractivity contribution in [2.75, 3.05) is 9.80 Å². The largest absolute Gasteiger partial charge is 0.457 e. The number of ether oxygens (including phenoxy) is 2. The highest BCUT2D eigenvalue weighted by atomic mass is 19.1. The second-order valence-corrected chi connectivity index (χ2v) is 32.5. The summed E-state index contributed by atoms with van der Waals surface area (Å²) in [4.78, 5) is 4.78. The third-order valence-corrected chi connectivity index (χ3v) is 25.0. The molecule has 0 fully saturated rings. The molecule has 18 aromatic carbocycles. The Labute approximate surface area is 724 Å². The van der Waals surface area contributed by atoms with Gasteiger partial charge in [0, 0.05) is 34.1 Å². The average Bonchev–Trinajstić information content (AvgIpc) is 1.53. The first-order valence-corrected chi connectivity index (χ1v) is 42.1. The fourth-order valence-corrected chi connectivity index (χ4v) is 18.9. The van der Waals surface area contributed by atoms with Gasteiger partial charge in [0.15, 0.2) is 0 Å². The lowest BCUT2D eigenvalue weighted by Gasteiger charge is -2.36. The van der Waals surface area contributed by atoms with Crippen molar-refractivity contribution < 1.29 is 18.3 Å². The van der Waals surface area contributed by atoms with Crippen LogP contribution < -0.4 is 19.3 Å². The van der Waals surface area contributed by atoms with Crippen LogP contribution in [0.5, 0.6) is 23.0 Å². The van der Waals surface area contributed by atoms with E-state index in [9.17, 15) is 8.78 Å². The topological polar surface area (TPSA) is 24.9 Å². The molecule has 0 aromatic heterocycles. The van der Waals surface area contributed by atoms with Crippen molar-refractivity contribution in [2.45, 2.75) is 38.5 Å². The third-order valence-electron chi connectivity index (χ3n) is 25.0. The van der Waals surface area contributed by atoms with Crippen LogP contribution in [0, 0.1) is 39.3 Å². The number of halogens is 2. The molecule has 0 saturated carbocycles. The fraction of sp³-hybridized carbons (Fsp3) is 0.0508. The van der Waals surface area contributed by atoms with E-state index in [0.29, 0.717) is 0 Å². The smallest absolute Gasteiger partial charge is 0.127 e. The molecule has 0 spiro atoms. The Morgan fingerprint density at radius 1 is 0.234 bits per heavy atom. The number of anilines is 6. The molecule has 18 aromatic rings. The zero-order valence-electron chi connectivity index (χ0n) is 69.3. The Morgan fingerprint density at radius 2 is 0.516 bits per heavy atom. The van der Waals surface area contributed by atoms with Gasteiger partial charge in [0.2, 0.25) is 0 Å². The maximum absolute atomic E-state index is 14.3. The molecule has 0 amide bonds. The molecule has 0 heterocycles. The molecule has 0 radical (unpaired) electrons. The van der Waals surface area contributed by atoms with E-state index in [1.807, 2.05) is 84.9 Å². The molecular formula is C118H86F2N2O2. The fourth-order valence-electron chi connectivity index (χ4n) is 18.9. The van der Waals surface area contributed by atoms with Crippen LogP contribution in [0.25, 0.3) is 90.0 Å². The summed E-state index contributed by atoms with van der Waals surface area (Å²) in [5.74, 6) is 2.46. The highest BCUT2D eigenvalue weighted by molar-refractivity contribution is 5.93. The Morgan fingerprint density at radius 3 is 0.839 bits per heavy atom. The Kier molecular flexibility index (Phi) is 20.0. The number of fused-ring (bicyclic) bond motifs is 6. The van der Waals surface area contributed by atoms with Gasteiger partial charge in [-0.2, -0.15) is 0 Å². The first kappa shape index (κ1) is 77.1. The van der Waals surface area contributed by atoms with Crippen LogP contribution in [0.4, 0.5) is 42.9 Å². The normalized spacial score (nSPS) is 14.0. The third kappa shape index (κ3) is 14.0. The van der Waals surface area contributed by atoms with Crippen LogP contribution >= 0.6 is 0 Å². The molecule has 6 heteroatoms. The lowest BCUT2D eigenvalue weighted by atomic mass is 9.66. The molecule has 594 valence electrons. The van der Waals surface area contributed by atoms with Gasteiger partial charge in [-0.05, 0) is 330 Å². The van der Waals surface area contributed by atoms with E-state index in [4.69, 9.17) is 9.47 Å². The molecule has 2 atom stereocenters. The number of hydrogen-bond donors (Lipinski definition) is 0. The van der Waals surface area contributed by atoms with Crippen molar-refractivity contribution in [2.24, 2.45) is 0 Å². The van der Waals surface area contributed by atoms with Crippen molar-refractivity contribution in [1.29, 1.82) is 0 Å². The van der Waals surface area contributed by atoms with Crippen LogP contribution in [-0.4, -0.2) is 0 Å². The molecule has 2 aliphatic rings. The van der Waals surface area contributed by atoms with E-state index in [0.717, 1.165) is 135 Å². The average molecular weight is 1600 g/mol. The maximum Gasteiger partial charge on any atom is 0.127 e. The van der Waals surface area contributed by atoms with Gasteiger partial charge in [-0.25, -0.2) is 8.78 Å². The van der Waals surface area contributed by atoms with E-state index >= 15 is 0 Å². The molecule has 2 unspecified atom stereocenters. The van der Waals surface area contributed by atoms with Gasteiger partial charge in [-0.1, -0.05) is 291 Å². The lowest BCUT2D eigenvalue weighted by Crippen LogP contribution is -2.30. The van der Waals surface area contributed by atoms with Crippen molar-refractivity contribution in [3.8, 4) is 101 Å². The molecule has 124 heavy (non-hydrogen) atoms. The highest BCUT2D eigenvalue weighted by Crippen LogP contribution is 2.61. The second kappa shape index (κ2) is 32.2. The van der Waals surface area contributed by atoms with Crippen molar-refractivity contribution >= 4 is 46.3 Å². The van der Waals surface area contributed by atoms with Gasteiger partial charge in [-0.3, -0.25) is 0 Å². The monoisotopic (exact) mass is 1600 g/mol. The van der Waals surface area contributed by atoms with Crippen LogP contribution in [0.3, 0.4) is 0 Å². The Bertz CT molecular complexity index is 6650. The number of aryl methyl sites for hydroxylation is 4. The minimum absolute atomic E-state index is 0.263. The standard InChI is InChI=1S/C118H86F2N2O2/c1-7-81-27-61-103(62-28-81)123-105-65-43-93(44-66-105)117(113-71-77(3)23-25-79(113)5)111-21-11-9-19-107(111)109-69-59-101(75-115(109)117)121(99-55-39-87(40-56-99)91-17-13-15-89(73-91)85-31-47-95(119)48-32-85)97-51-35-83(36-52-97)84-37-53-98(54-38-84)122(100-57-41-88(42-58-100)92-18-14-16-90(74-92)86-33-49-96(120)50-34-86)102-60-70-110-108-20-10-12-22-112(108)118(116(110)76-102,114-72-78(4)24-26-80(114)6)94-45-67-106(68-46-94)124-104-63-29-82(8-2)30-64-104/h7-76H,1-2H2,3-6H3. The Hall–Kier alpha value is -15.5. The summed E-state index contributed by atoms with van der Waals surface area (Å²) in [6, 6.07) is 145. The van der Waals surface area contributed by atoms with Crippen LogP contribution in [0.2, 0.25) is 0 Å². The van der Waals surface area contributed by atoms with Crippen LogP contribution in [0.1, 0.15) is 77.9 Å². The van der Waals surface area contributed by atoms with Gasteiger partial charge in [0.1, 0.15) is 34.6 Å². The summed E-state index contributed by atoms with van der Waals surface area (Å²) in [7, 11) is 0. The number of benzene rings is 18. The van der Waals surface area contributed by atoms with E-state index in [-0.39, 0.29) is 11.6 Å². The zero-order valence-corrected chi connectivity index (χ0v) is 69.3. The Balaban J connectivity index is 0.705. The first-order chi connectivity index (χ1) is 60.7. The van der Waals surface area contributed by atoms with Gasteiger partial charge < -0.3 is 19.3 Å². The van der Waals surface area contributed by atoms with Gasteiger partial charge in [-0.15, -0.1) is 0 Å². The lowest BCUT2D eigenvalue weighted by molar-refractivity contribution is 0.482. The number of rotatable bonds is 21. The summed E-state index contributed by atoms with van der Waals surface area (Å²) in [5, 5.41) is 0. The minimum Gasteiger partial charge on any atom is -0.457 e. The van der Waals surface area contributed by atoms with Gasteiger partial charge >= 0.3 is 0 Å². The first-order valence-electron chi connectivity index (χ1n) is 42.1. The number of nitrogens with zero attached hydrogens (tertiary/aromatic N) is 2. The van der Waals surface area contributed by atoms with Crippen LogP contribution in [0.15, 0.2) is 426 Å². The second-order valence-electron chi connectivity index (χ2n) is 32.5. The molecular weight excluding hydrogens is 1520 g/mol. The van der Waals surface area contributed by atoms with E-state index in [1.165, 1.54) is 102 Å². The number of hydrogen-bond acceptors (Lipinski definition) is 4. The zero-order chi connectivity index (χ0) is 84.2. The summed E-state index contributed by atoms with van der Waals surface area (Å²) < 4.78 is 41.6. The predicted octanol–water partition coefficient (Wildman–Crippen LogP) is 32.1. The van der Waals surface area contributed by atoms with E-state index in [1.54, 1.807) is 0 Å². The SMILES string of the molecule is C=Cc1ccc(Oc2ccc(C3(c4cc(C)ccc4C)c4ccccc4-c4ccc(N(c5ccc(-c6ccc(N(c7ccc(-c8cccc(-c9ccc(F)cc9)c8)cc7)c7ccc8c(c7)C(c7ccc(Oc9ccc(C=C)cc9)cc7)(c7cc(C)ccc7C)c7ccccc7-8)cc6)cc5)c5ccc(-c6cccc(-c7ccc(F)cc7)c6)cc5)cc43)cc2)cc1. The predicted molar refractivity (Wildman–Crippen MR) is 510 cm³/mol. The van der Waals surface area contributed by atoms with Crippen molar-refractivity contribution in [3.63, 3.8) is 0 Å². The van der Waals surface area contributed by atoms with Crippen molar-refractivity contribution in [3.05, 3.63) is 515 Å². The van der Waals surface area contributed by atoms with Crippen molar-refractivity contribution in [1.82, 2.24) is 0 Å². The summed E-state index contributed by atoms with van der Waals surface area (Å²) in [6.07, 6.45) is 3.68. The molecule has 20 rings (SSSR count). The molecule has 2 aliphatic carbocycles. The molecule has 0 bridgehead atoms. The minimum atomic E-state index is -0.747.